The van der Waals surface area contributed by atoms with Crippen LogP contribution in [-0.2, 0) is 0 Å². The summed E-state index contributed by atoms with van der Waals surface area (Å²) in [7, 11) is 1.85. The van der Waals surface area contributed by atoms with Crippen molar-refractivity contribution < 1.29 is 0 Å². The monoisotopic (exact) mass is 520 g/mol. The van der Waals surface area contributed by atoms with E-state index in [0.29, 0.717) is 23.0 Å². The van der Waals surface area contributed by atoms with Gasteiger partial charge in [0.25, 0.3) is 0 Å². The van der Waals surface area contributed by atoms with Crippen LogP contribution < -0.4 is 15.5 Å². The van der Waals surface area contributed by atoms with Gasteiger partial charge < -0.3 is 15.5 Å². The van der Waals surface area contributed by atoms with E-state index in [0.717, 1.165) is 37.8 Å². The molecule has 1 aromatic rings. The maximum Gasteiger partial charge on any atom is 0.191 e. The van der Waals surface area contributed by atoms with Crippen molar-refractivity contribution in [3.8, 4) is 0 Å². The second kappa shape index (κ2) is 11.4. The number of guanidine groups is 1. The zero-order valence-corrected chi connectivity index (χ0v) is 20.3. The Kier molecular flexibility index (Phi) is 9.56. The van der Waals surface area contributed by atoms with Crippen LogP contribution in [0.5, 0.6) is 0 Å². The highest BCUT2D eigenvalue weighted by molar-refractivity contribution is 14.0. The molecule has 2 aliphatic heterocycles. The molecule has 3 rings (SSSR count). The van der Waals surface area contributed by atoms with E-state index in [-0.39, 0.29) is 24.0 Å². The second-order valence-electron chi connectivity index (χ2n) is 7.89. The van der Waals surface area contributed by atoms with E-state index in [1.807, 2.05) is 19.2 Å². The predicted octanol–water partition coefficient (Wildman–Crippen LogP) is 3.22. The Morgan fingerprint density at radius 1 is 1.32 bits per heavy atom. The van der Waals surface area contributed by atoms with Gasteiger partial charge in [-0.15, -0.1) is 24.0 Å². The number of hydrogen-bond acceptors (Lipinski definition) is 4. The van der Waals surface area contributed by atoms with Gasteiger partial charge in [-0.05, 0) is 50.4 Å². The molecule has 2 saturated heterocycles. The van der Waals surface area contributed by atoms with Crippen molar-refractivity contribution in [1.82, 2.24) is 20.5 Å². The molecular formula is C20H34ClIN6. The highest BCUT2D eigenvalue weighted by Crippen LogP contribution is 2.25. The zero-order chi connectivity index (χ0) is 19.2. The van der Waals surface area contributed by atoms with Gasteiger partial charge in [-0.3, -0.25) is 9.89 Å². The number of nitrogens with zero attached hydrogens (tertiary/aromatic N) is 4. The van der Waals surface area contributed by atoms with Crippen molar-refractivity contribution >= 4 is 47.4 Å². The Bertz CT molecular complexity index is 635. The van der Waals surface area contributed by atoms with Gasteiger partial charge in [0.1, 0.15) is 5.82 Å². The maximum atomic E-state index is 6.30. The molecule has 0 radical (unpaired) electrons. The lowest BCUT2D eigenvalue weighted by Crippen LogP contribution is -2.50. The minimum Gasteiger partial charge on any atom is -0.355 e. The summed E-state index contributed by atoms with van der Waals surface area (Å²) in [5.41, 5.74) is 0. The van der Waals surface area contributed by atoms with Gasteiger partial charge in [-0.1, -0.05) is 25.4 Å². The Hall–Kier alpha value is -0.800. The fourth-order valence-corrected chi connectivity index (χ4v) is 4.37. The molecule has 0 aromatic carbocycles. The number of hydrogen-bond donors (Lipinski definition) is 2. The molecule has 6 nitrogen and oxygen atoms in total. The summed E-state index contributed by atoms with van der Waals surface area (Å²) in [6.45, 7) is 9.83. The second-order valence-corrected chi connectivity index (χ2v) is 8.30. The zero-order valence-electron chi connectivity index (χ0n) is 17.2. The largest absolute Gasteiger partial charge is 0.355 e. The van der Waals surface area contributed by atoms with Gasteiger partial charge in [-0.25, -0.2) is 4.98 Å². The summed E-state index contributed by atoms with van der Waals surface area (Å²) in [4.78, 5) is 13.7. The summed E-state index contributed by atoms with van der Waals surface area (Å²) < 4.78 is 0. The highest BCUT2D eigenvalue weighted by atomic mass is 127. The number of anilines is 1. The fraction of sp³-hybridized carbons (Fsp3) is 0.700. The van der Waals surface area contributed by atoms with Crippen molar-refractivity contribution in [3.05, 3.63) is 23.4 Å². The first-order chi connectivity index (χ1) is 13.1. The van der Waals surface area contributed by atoms with Gasteiger partial charge in [-0.2, -0.15) is 0 Å². The van der Waals surface area contributed by atoms with Crippen molar-refractivity contribution in [2.45, 2.75) is 45.2 Å². The van der Waals surface area contributed by atoms with Crippen LogP contribution in [0, 0.1) is 5.92 Å². The minimum atomic E-state index is 0. The SMILES string of the molecule is CN=C(NCC(C(C)C)N1CCCC1)NC1CCN(c2ncccc2Cl)C1.I. The van der Waals surface area contributed by atoms with Crippen LogP contribution in [0.3, 0.4) is 0 Å². The summed E-state index contributed by atoms with van der Waals surface area (Å²) in [5, 5.41) is 7.85. The highest BCUT2D eigenvalue weighted by Gasteiger charge is 2.27. The van der Waals surface area contributed by atoms with Crippen LogP contribution in [-0.4, -0.2) is 67.7 Å². The number of nitrogens with one attached hydrogen (secondary N) is 2. The lowest BCUT2D eigenvalue weighted by atomic mass is 10.0. The number of halogens is 2. The number of pyridine rings is 1. The molecule has 1 aromatic heterocycles. The van der Waals surface area contributed by atoms with Crippen LogP contribution in [0.4, 0.5) is 5.82 Å². The van der Waals surface area contributed by atoms with Crippen LogP contribution in [0.1, 0.15) is 33.1 Å². The number of rotatable bonds is 6. The van der Waals surface area contributed by atoms with E-state index < -0.39 is 0 Å². The van der Waals surface area contributed by atoms with Crippen LogP contribution in [0.15, 0.2) is 23.3 Å². The molecule has 0 spiro atoms. The molecule has 0 bridgehead atoms. The molecule has 28 heavy (non-hydrogen) atoms. The number of aliphatic imine (C=N–C) groups is 1. The van der Waals surface area contributed by atoms with Gasteiger partial charge in [0.05, 0.1) is 5.02 Å². The van der Waals surface area contributed by atoms with Crippen LogP contribution >= 0.6 is 35.6 Å². The summed E-state index contributed by atoms with van der Waals surface area (Å²) >= 11 is 6.30. The first kappa shape index (κ1) is 23.5. The first-order valence-corrected chi connectivity index (χ1v) is 10.5. The fourth-order valence-electron chi connectivity index (χ4n) is 4.13. The average Bonchev–Trinajstić information content (AvgIpc) is 3.33. The van der Waals surface area contributed by atoms with E-state index in [4.69, 9.17) is 11.6 Å². The molecule has 0 aliphatic carbocycles. The van der Waals surface area contributed by atoms with Crippen LogP contribution in [0.25, 0.3) is 0 Å². The summed E-state index contributed by atoms with van der Waals surface area (Å²) in [6.07, 6.45) is 5.49. The van der Waals surface area contributed by atoms with E-state index in [9.17, 15) is 0 Å². The Labute approximate surface area is 191 Å². The number of likely N-dealkylation sites (tertiary alicyclic amines) is 1. The molecule has 8 heteroatoms. The molecule has 2 N–H and O–H groups in total. The Balaban J connectivity index is 0.00000280. The molecule has 0 saturated carbocycles. The van der Waals surface area contributed by atoms with Crippen molar-refractivity contribution in [3.63, 3.8) is 0 Å². The third-order valence-electron chi connectivity index (χ3n) is 5.65. The van der Waals surface area contributed by atoms with Gasteiger partial charge in [0.15, 0.2) is 5.96 Å². The normalized spacial score (nSPS) is 21.7. The molecule has 2 fully saturated rings. The average molecular weight is 521 g/mol. The van der Waals surface area contributed by atoms with Gasteiger partial charge in [0.2, 0.25) is 0 Å². The van der Waals surface area contributed by atoms with E-state index in [1.54, 1.807) is 6.20 Å². The van der Waals surface area contributed by atoms with E-state index >= 15 is 0 Å². The molecule has 2 atom stereocenters. The summed E-state index contributed by atoms with van der Waals surface area (Å²) in [6, 6.07) is 4.67. The molecular weight excluding hydrogens is 487 g/mol. The molecule has 2 aliphatic rings. The third kappa shape index (κ3) is 6.10. The molecule has 2 unspecified atom stereocenters. The van der Waals surface area contributed by atoms with Crippen LogP contribution in [0.2, 0.25) is 5.02 Å². The van der Waals surface area contributed by atoms with Crippen molar-refractivity contribution in [2.24, 2.45) is 10.9 Å². The number of aromatic nitrogens is 1. The summed E-state index contributed by atoms with van der Waals surface area (Å²) in [5.74, 6) is 2.39. The molecule has 0 amide bonds. The van der Waals surface area contributed by atoms with Gasteiger partial charge in [0, 0.05) is 45.0 Å². The third-order valence-corrected chi connectivity index (χ3v) is 5.94. The quantitative estimate of drug-likeness (QED) is 0.343. The van der Waals surface area contributed by atoms with E-state index in [2.05, 4.69) is 44.3 Å². The molecule has 158 valence electrons. The smallest absolute Gasteiger partial charge is 0.191 e. The Morgan fingerprint density at radius 2 is 2.07 bits per heavy atom. The lowest BCUT2D eigenvalue weighted by molar-refractivity contribution is 0.192. The van der Waals surface area contributed by atoms with Crippen molar-refractivity contribution in [1.29, 1.82) is 0 Å². The maximum absolute atomic E-state index is 6.30. The lowest BCUT2D eigenvalue weighted by Gasteiger charge is -2.31. The van der Waals surface area contributed by atoms with Crippen molar-refractivity contribution in [2.75, 3.05) is 44.7 Å². The minimum absolute atomic E-state index is 0. The molecule has 3 heterocycles. The first-order valence-electron chi connectivity index (χ1n) is 10.1. The topological polar surface area (TPSA) is 55.8 Å². The predicted molar refractivity (Wildman–Crippen MR) is 129 cm³/mol. The Morgan fingerprint density at radius 3 is 2.71 bits per heavy atom. The van der Waals surface area contributed by atoms with Gasteiger partial charge >= 0.3 is 0 Å². The standard InChI is InChI=1S/C20H33ClN6.HI/c1-15(2)18(26-10-4-5-11-26)13-24-20(22-3)25-16-8-12-27(14-16)19-17(21)7-6-9-23-19;/h6-7,9,15-16,18H,4-5,8,10-14H2,1-3H3,(H2,22,24,25);1H. The van der Waals surface area contributed by atoms with E-state index in [1.165, 1.54) is 25.9 Å².